The molecular weight excluding hydrogens is 342 g/mol. The van der Waals surface area contributed by atoms with E-state index in [4.69, 9.17) is 4.74 Å². The van der Waals surface area contributed by atoms with Crippen molar-refractivity contribution in [1.29, 1.82) is 0 Å². The average Bonchev–Trinajstić information content (AvgIpc) is 2.67. The zero-order chi connectivity index (χ0) is 19.4. The van der Waals surface area contributed by atoms with Crippen LogP contribution >= 0.6 is 0 Å². The number of amides is 2. The van der Waals surface area contributed by atoms with Crippen molar-refractivity contribution in [2.45, 2.75) is 26.7 Å². The third-order valence-corrected chi connectivity index (χ3v) is 4.79. The molecule has 0 aliphatic carbocycles. The number of carbonyl (C=O) groups excluding carboxylic acids is 2. The molecule has 0 radical (unpaired) electrons. The fourth-order valence-corrected chi connectivity index (χ4v) is 3.34. The van der Waals surface area contributed by atoms with Gasteiger partial charge in [0.1, 0.15) is 11.4 Å². The summed E-state index contributed by atoms with van der Waals surface area (Å²) in [5.74, 6) is 0.649. The second-order valence-electron chi connectivity index (χ2n) is 7.09. The van der Waals surface area contributed by atoms with Gasteiger partial charge >= 0.3 is 0 Å². The van der Waals surface area contributed by atoms with Crippen LogP contribution in [0.4, 0.5) is 5.69 Å². The molecule has 1 aromatic heterocycles. The Kier molecular flexibility index (Phi) is 5.74. The predicted octanol–water partition coefficient (Wildman–Crippen LogP) is 3.52. The van der Waals surface area contributed by atoms with Crippen molar-refractivity contribution in [3.05, 3.63) is 53.3 Å². The molecule has 2 amide bonds. The lowest BCUT2D eigenvalue weighted by molar-refractivity contribution is 0.0677. The second-order valence-corrected chi connectivity index (χ2v) is 7.09. The van der Waals surface area contributed by atoms with E-state index in [1.54, 1.807) is 19.2 Å². The molecule has 1 N–H and O–H groups in total. The Hall–Kier alpha value is -2.89. The van der Waals surface area contributed by atoms with Gasteiger partial charge in [0.25, 0.3) is 11.8 Å². The number of carbonyl (C=O) groups is 2. The van der Waals surface area contributed by atoms with Crippen molar-refractivity contribution in [3.8, 4) is 5.75 Å². The zero-order valence-corrected chi connectivity index (χ0v) is 16.0. The molecule has 1 atom stereocenters. The van der Waals surface area contributed by atoms with Crippen LogP contribution in [0.5, 0.6) is 5.75 Å². The van der Waals surface area contributed by atoms with Gasteiger partial charge in [-0.05, 0) is 55.5 Å². The van der Waals surface area contributed by atoms with Crippen LogP contribution in [0, 0.1) is 12.8 Å². The van der Waals surface area contributed by atoms with Gasteiger partial charge in [-0.2, -0.15) is 0 Å². The number of pyridine rings is 1. The van der Waals surface area contributed by atoms with Crippen molar-refractivity contribution in [2.24, 2.45) is 5.92 Å². The number of rotatable bonds is 4. The molecule has 2 heterocycles. The van der Waals surface area contributed by atoms with Crippen molar-refractivity contribution in [1.82, 2.24) is 9.88 Å². The summed E-state index contributed by atoms with van der Waals surface area (Å²) >= 11 is 0. The van der Waals surface area contributed by atoms with E-state index in [-0.39, 0.29) is 11.8 Å². The average molecular weight is 367 g/mol. The second kappa shape index (κ2) is 8.20. The van der Waals surface area contributed by atoms with Crippen molar-refractivity contribution in [2.75, 3.05) is 25.5 Å². The summed E-state index contributed by atoms with van der Waals surface area (Å²) in [6, 6.07) is 8.73. The minimum atomic E-state index is -0.303. The first-order chi connectivity index (χ1) is 13.0. The minimum Gasteiger partial charge on any atom is -0.495 e. The van der Waals surface area contributed by atoms with Crippen LogP contribution in [0.3, 0.4) is 0 Å². The summed E-state index contributed by atoms with van der Waals surface area (Å²) in [5, 5.41) is 2.85. The molecule has 3 rings (SSSR count). The summed E-state index contributed by atoms with van der Waals surface area (Å²) < 4.78 is 5.30. The number of benzene rings is 1. The van der Waals surface area contributed by atoms with E-state index >= 15 is 0 Å². The Labute approximate surface area is 159 Å². The molecule has 2 aromatic rings. The van der Waals surface area contributed by atoms with Crippen LogP contribution in [0.2, 0.25) is 0 Å². The number of likely N-dealkylation sites (tertiary alicyclic amines) is 1. The molecule has 1 fully saturated rings. The highest BCUT2D eigenvalue weighted by molar-refractivity contribution is 6.06. The lowest BCUT2D eigenvalue weighted by atomic mass is 10.00. The summed E-state index contributed by atoms with van der Waals surface area (Å²) in [6.45, 7) is 5.56. The fraction of sp³-hybridized carbons (Fsp3) is 0.381. The van der Waals surface area contributed by atoms with E-state index < -0.39 is 0 Å². The maximum absolute atomic E-state index is 12.7. The Morgan fingerprint density at radius 3 is 2.81 bits per heavy atom. The number of aromatic nitrogens is 1. The Balaban J connectivity index is 1.78. The monoisotopic (exact) mass is 367 g/mol. The first-order valence-electron chi connectivity index (χ1n) is 9.19. The van der Waals surface area contributed by atoms with Gasteiger partial charge in [0.05, 0.1) is 12.8 Å². The molecule has 6 nitrogen and oxygen atoms in total. The van der Waals surface area contributed by atoms with Gasteiger partial charge < -0.3 is 15.0 Å². The molecular formula is C21H25N3O3. The first-order valence-corrected chi connectivity index (χ1v) is 9.19. The third kappa shape index (κ3) is 4.45. The van der Waals surface area contributed by atoms with Gasteiger partial charge in [-0.25, -0.2) is 0 Å². The summed E-state index contributed by atoms with van der Waals surface area (Å²) in [5.41, 5.74) is 2.29. The zero-order valence-electron chi connectivity index (χ0n) is 16.0. The van der Waals surface area contributed by atoms with Crippen LogP contribution in [0.25, 0.3) is 0 Å². The molecule has 142 valence electrons. The summed E-state index contributed by atoms with van der Waals surface area (Å²) in [7, 11) is 1.56. The predicted molar refractivity (Wildman–Crippen MR) is 104 cm³/mol. The molecule has 0 spiro atoms. The molecule has 0 bridgehead atoms. The summed E-state index contributed by atoms with van der Waals surface area (Å²) in [6.07, 6.45) is 3.64. The number of piperidine rings is 1. The number of anilines is 1. The number of methoxy groups -OCH3 is 1. The van der Waals surface area contributed by atoms with E-state index in [2.05, 4.69) is 17.2 Å². The van der Waals surface area contributed by atoms with Crippen LogP contribution in [-0.2, 0) is 0 Å². The van der Waals surface area contributed by atoms with Crippen molar-refractivity contribution < 1.29 is 14.3 Å². The lowest BCUT2D eigenvalue weighted by Gasteiger charge is -2.30. The largest absolute Gasteiger partial charge is 0.495 e. The van der Waals surface area contributed by atoms with Crippen LogP contribution in [-0.4, -0.2) is 41.9 Å². The molecule has 6 heteroatoms. The van der Waals surface area contributed by atoms with Gasteiger partial charge in [-0.15, -0.1) is 0 Å². The number of hydrogen-bond acceptors (Lipinski definition) is 4. The molecule has 1 aromatic carbocycles. The van der Waals surface area contributed by atoms with Gasteiger partial charge in [-0.3, -0.25) is 14.6 Å². The molecule has 1 saturated heterocycles. The van der Waals surface area contributed by atoms with E-state index in [9.17, 15) is 9.59 Å². The highest BCUT2D eigenvalue weighted by Gasteiger charge is 2.23. The molecule has 0 saturated carbocycles. The van der Waals surface area contributed by atoms with E-state index in [1.165, 1.54) is 6.20 Å². The lowest BCUT2D eigenvalue weighted by Crippen LogP contribution is -2.39. The first kappa shape index (κ1) is 18.9. The molecule has 1 aliphatic rings. The maximum atomic E-state index is 12.7. The SMILES string of the molecule is COc1ccc(C)cc1NC(=O)c1ccnc(C(=O)N2CCCC(C)C2)c1. The standard InChI is InChI=1S/C21H25N3O3/c1-14-6-7-19(27-3)17(11-14)23-20(25)16-8-9-22-18(12-16)21(26)24-10-4-5-15(2)13-24/h6-9,11-12,15H,4-5,10,13H2,1-3H3,(H,23,25). The van der Waals surface area contributed by atoms with Crippen LogP contribution in [0.1, 0.15) is 46.2 Å². The maximum Gasteiger partial charge on any atom is 0.272 e. The van der Waals surface area contributed by atoms with Crippen molar-refractivity contribution >= 4 is 17.5 Å². The molecule has 27 heavy (non-hydrogen) atoms. The number of nitrogens with one attached hydrogen (secondary N) is 1. The highest BCUT2D eigenvalue weighted by atomic mass is 16.5. The van der Waals surface area contributed by atoms with Gasteiger partial charge in [0.15, 0.2) is 0 Å². The Bertz CT molecular complexity index is 850. The smallest absolute Gasteiger partial charge is 0.272 e. The minimum absolute atomic E-state index is 0.121. The van der Waals surface area contributed by atoms with E-state index in [0.29, 0.717) is 28.6 Å². The Morgan fingerprint density at radius 1 is 1.26 bits per heavy atom. The third-order valence-electron chi connectivity index (χ3n) is 4.79. The van der Waals surface area contributed by atoms with E-state index in [1.807, 2.05) is 30.0 Å². The quantitative estimate of drug-likeness (QED) is 0.897. The number of ether oxygens (including phenoxy) is 1. The van der Waals surface area contributed by atoms with E-state index in [0.717, 1.165) is 31.5 Å². The van der Waals surface area contributed by atoms with Gasteiger partial charge in [-0.1, -0.05) is 13.0 Å². The van der Waals surface area contributed by atoms with Crippen LogP contribution in [0.15, 0.2) is 36.5 Å². The highest BCUT2D eigenvalue weighted by Crippen LogP contribution is 2.26. The Morgan fingerprint density at radius 2 is 2.07 bits per heavy atom. The summed E-state index contributed by atoms with van der Waals surface area (Å²) in [4.78, 5) is 31.4. The molecule has 1 unspecified atom stereocenters. The van der Waals surface area contributed by atoms with Gasteiger partial charge in [0, 0.05) is 24.8 Å². The molecule has 1 aliphatic heterocycles. The van der Waals surface area contributed by atoms with Gasteiger partial charge in [0.2, 0.25) is 0 Å². The number of nitrogens with zero attached hydrogens (tertiary/aromatic N) is 2. The van der Waals surface area contributed by atoms with Crippen molar-refractivity contribution in [3.63, 3.8) is 0 Å². The topological polar surface area (TPSA) is 71.5 Å². The normalized spacial score (nSPS) is 16.7. The fourth-order valence-electron chi connectivity index (χ4n) is 3.34. The number of hydrogen-bond donors (Lipinski definition) is 1. The van der Waals surface area contributed by atoms with Crippen LogP contribution < -0.4 is 10.1 Å². The number of aryl methyl sites for hydroxylation is 1.